The van der Waals surface area contributed by atoms with Crippen LogP contribution >= 0.6 is 11.3 Å². The highest BCUT2D eigenvalue weighted by Crippen LogP contribution is 2.31. The number of piperidine rings is 1. The van der Waals surface area contributed by atoms with Crippen LogP contribution in [0.25, 0.3) is 10.2 Å². The number of hydrogen-bond acceptors (Lipinski definition) is 5. The molecule has 0 aromatic carbocycles. The number of amides is 1. The van der Waals surface area contributed by atoms with Crippen molar-refractivity contribution < 1.29 is 4.79 Å². The third-order valence-corrected chi connectivity index (χ3v) is 4.90. The van der Waals surface area contributed by atoms with E-state index in [0.29, 0.717) is 10.6 Å². The minimum Gasteiger partial charge on any atom is -0.396 e. The van der Waals surface area contributed by atoms with Gasteiger partial charge in [0.15, 0.2) is 0 Å². The van der Waals surface area contributed by atoms with Crippen molar-refractivity contribution in [2.45, 2.75) is 18.9 Å². The minimum atomic E-state index is -0.0694. The number of carbonyl (C=O) groups is 1. The zero-order valence-corrected chi connectivity index (χ0v) is 12.2. The molecule has 2 aromatic heterocycles. The topological polar surface area (TPSA) is 71.2 Å². The maximum atomic E-state index is 12.4. The summed E-state index contributed by atoms with van der Waals surface area (Å²) in [6.45, 7) is 2.04. The first-order valence-corrected chi connectivity index (χ1v) is 7.59. The van der Waals surface area contributed by atoms with Gasteiger partial charge in [0.25, 0.3) is 5.91 Å². The number of rotatable bonds is 2. The van der Waals surface area contributed by atoms with E-state index in [4.69, 9.17) is 5.73 Å². The summed E-state index contributed by atoms with van der Waals surface area (Å²) in [5, 5.41) is 3.09. The second kappa shape index (κ2) is 5.38. The zero-order valence-electron chi connectivity index (χ0n) is 11.4. The molecule has 0 saturated carbocycles. The van der Waals surface area contributed by atoms with Crippen molar-refractivity contribution in [3.05, 3.63) is 23.2 Å². The molecule has 6 heteroatoms. The van der Waals surface area contributed by atoms with Gasteiger partial charge in [-0.05, 0) is 45.1 Å². The molecular formula is C14H18N4OS. The molecule has 2 aromatic rings. The number of nitrogens with zero attached hydrogens (tertiary/aromatic N) is 2. The molecule has 1 fully saturated rings. The molecule has 1 amide bonds. The molecule has 0 bridgehead atoms. The molecule has 1 saturated heterocycles. The van der Waals surface area contributed by atoms with E-state index in [1.54, 1.807) is 6.20 Å². The van der Waals surface area contributed by atoms with E-state index in [2.05, 4.69) is 22.2 Å². The van der Waals surface area contributed by atoms with Gasteiger partial charge in [0.2, 0.25) is 0 Å². The Morgan fingerprint density at radius 2 is 2.25 bits per heavy atom. The maximum absolute atomic E-state index is 12.4. The number of fused-ring (bicyclic) bond motifs is 1. The molecule has 1 aliphatic rings. The number of hydrogen-bond donors (Lipinski definition) is 2. The van der Waals surface area contributed by atoms with E-state index in [1.165, 1.54) is 11.3 Å². The number of anilines is 1. The Morgan fingerprint density at radius 3 is 2.95 bits per heavy atom. The molecule has 3 rings (SSSR count). The van der Waals surface area contributed by atoms with Crippen LogP contribution in [0.2, 0.25) is 0 Å². The third-order valence-electron chi connectivity index (χ3n) is 3.74. The largest absolute Gasteiger partial charge is 0.396 e. The lowest BCUT2D eigenvalue weighted by molar-refractivity contribution is 0.0922. The first kappa shape index (κ1) is 13.3. The Balaban J connectivity index is 1.77. The monoisotopic (exact) mass is 290 g/mol. The lowest BCUT2D eigenvalue weighted by Gasteiger charge is -2.29. The molecule has 5 nitrogen and oxygen atoms in total. The number of carbonyl (C=O) groups excluding carboxylic acids is 1. The number of nitrogen functional groups attached to an aromatic ring is 1. The van der Waals surface area contributed by atoms with Crippen LogP contribution in [0.3, 0.4) is 0 Å². The summed E-state index contributed by atoms with van der Waals surface area (Å²) in [5.41, 5.74) is 7.27. The number of nitrogens with one attached hydrogen (secondary N) is 1. The van der Waals surface area contributed by atoms with Gasteiger partial charge in [-0.1, -0.05) is 0 Å². The van der Waals surface area contributed by atoms with Gasteiger partial charge in [0.1, 0.15) is 10.4 Å². The van der Waals surface area contributed by atoms with Crippen LogP contribution in [0, 0.1) is 0 Å². The summed E-state index contributed by atoms with van der Waals surface area (Å²) in [5.74, 6) is -0.0694. The first-order chi connectivity index (χ1) is 9.65. The number of pyridine rings is 1. The molecule has 0 radical (unpaired) electrons. The van der Waals surface area contributed by atoms with Crippen LogP contribution in [0.5, 0.6) is 0 Å². The number of aromatic nitrogens is 1. The van der Waals surface area contributed by atoms with Gasteiger partial charge in [-0.2, -0.15) is 0 Å². The normalized spacial score (nSPS) is 17.4. The summed E-state index contributed by atoms with van der Waals surface area (Å²) in [4.78, 5) is 19.5. The van der Waals surface area contributed by atoms with Gasteiger partial charge in [0, 0.05) is 12.2 Å². The van der Waals surface area contributed by atoms with Gasteiger partial charge < -0.3 is 16.0 Å². The summed E-state index contributed by atoms with van der Waals surface area (Å²) >= 11 is 1.41. The van der Waals surface area contributed by atoms with E-state index in [1.807, 2.05) is 12.1 Å². The molecular weight excluding hydrogens is 272 g/mol. The van der Waals surface area contributed by atoms with Crippen LogP contribution in [-0.2, 0) is 0 Å². The minimum absolute atomic E-state index is 0.0694. The van der Waals surface area contributed by atoms with Crippen molar-refractivity contribution in [2.24, 2.45) is 0 Å². The van der Waals surface area contributed by atoms with Crippen LogP contribution in [0.1, 0.15) is 22.5 Å². The van der Waals surface area contributed by atoms with E-state index in [0.717, 1.165) is 36.1 Å². The lowest BCUT2D eigenvalue weighted by Crippen LogP contribution is -2.43. The summed E-state index contributed by atoms with van der Waals surface area (Å²) in [6, 6.07) is 4.04. The van der Waals surface area contributed by atoms with Crippen LogP contribution in [0.15, 0.2) is 18.3 Å². The fourth-order valence-electron chi connectivity index (χ4n) is 2.52. The number of likely N-dealkylation sites (tertiary alicyclic amines) is 1. The van der Waals surface area contributed by atoms with Crippen molar-refractivity contribution in [3.8, 4) is 0 Å². The van der Waals surface area contributed by atoms with E-state index in [9.17, 15) is 4.79 Å². The van der Waals surface area contributed by atoms with Gasteiger partial charge in [-0.3, -0.25) is 9.78 Å². The molecule has 1 aliphatic heterocycles. The molecule has 0 unspecified atom stereocenters. The van der Waals surface area contributed by atoms with Gasteiger partial charge in [-0.15, -0.1) is 11.3 Å². The highest BCUT2D eigenvalue weighted by atomic mass is 32.1. The predicted octanol–water partition coefficient (Wildman–Crippen LogP) is 1.70. The highest BCUT2D eigenvalue weighted by molar-refractivity contribution is 7.21. The van der Waals surface area contributed by atoms with E-state index < -0.39 is 0 Å². The smallest absolute Gasteiger partial charge is 0.263 e. The summed E-state index contributed by atoms with van der Waals surface area (Å²) in [6.07, 6.45) is 3.68. The van der Waals surface area contributed by atoms with Crippen molar-refractivity contribution in [1.82, 2.24) is 15.2 Å². The average molecular weight is 290 g/mol. The average Bonchev–Trinajstić information content (AvgIpc) is 2.79. The van der Waals surface area contributed by atoms with Crippen molar-refractivity contribution >= 4 is 33.1 Å². The van der Waals surface area contributed by atoms with Crippen LogP contribution in [0.4, 0.5) is 5.69 Å². The molecule has 0 aliphatic carbocycles. The molecule has 0 spiro atoms. The van der Waals surface area contributed by atoms with Crippen molar-refractivity contribution in [1.29, 1.82) is 0 Å². The van der Waals surface area contributed by atoms with Gasteiger partial charge in [0.05, 0.1) is 10.4 Å². The summed E-state index contributed by atoms with van der Waals surface area (Å²) < 4.78 is 0.957. The Morgan fingerprint density at radius 1 is 1.50 bits per heavy atom. The molecule has 3 heterocycles. The van der Waals surface area contributed by atoms with Crippen LogP contribution in [-0.4, -0.2) is 42.0 Å². The lowest BCUT2D eigenvalue weighted by atomic mass is 10.1. The summed E-state index contributed by atoms with van der Waals surface area (Å²) in [7, 11) is 2.10. The Bertz CT molecular complexity index is 631. The van der Waals surface area contributed by atoms with Crippen LogP contribution < -0.4 is 11.1 Å². The molecule has 0 atom stereocenters. The van der Waals surface area contributed by atoms with Crippen molar-refractivity contribution in [2.75, 3.05) is 25.9 Å². The van der Waals surface area contributed by atoms with Gasteiger partial charge in [-0.25, -0.2) is 0 Å². The van der Waals surface area contributed by atoms with Crippen molar-refractivity contribution in [3.63, 3.8) is 0 Å². The second-order valence-corrected chi connectivity index (χ2v) is 6.30. The SMILES string of the molecule is CN1CCC(NC(=O)c2sc3cccnc3c2N)CC1. The molecule has 20 heavy (non-hydrogen) atoms. The number of nitrogens with two attached hydrogens (primary N) is 1. The third kappa shape index (κ3) is 2.48. The quantitative estimate of drug-likeness (QED) is 0.883. The number of thiophene rings is 1. The second-order valence-electron chi connectivity index (χ2n) is 5.25. The fourth-order valence-corrected chi connectivity index (χ4v) is 3.50. The molecule has 3 N–H and O–H groups in total. The standard InChI is InChI=1S/C14H18N4OS/c1-18-7-4-9(5-8-18)17-14(19)13-11(15)12-10(20-13)3-2-6-16-12/h2-3,6,9H,4-5,7-8,15H2,1H3,(H,17,19). The first-order valence-electron chi connectivity index (χ1n) is 6.77. The maximum Gasteiger partial charge on any atom is 0.263 e. The Hall–Kier alpha value is -1.66. The zero-order chi connectivity index (χ0) is 14.1. The Labute approximate surface area is 121 Å². The van der Waals surface area contributed by atoms with E-state index in [-0.39, 0.29) is 11.9 Å². The fraction of sp³-hybridized carbons (Fsp3) is 0.429. The predicted molar refractivity (Wildman–Crippen MR) is 82.0 cm³/mol. The molecule has 106 valence electrons. The van der Waals surface area contributed by atoms with Gasteiger partial charge >= 0.3 is 0 Å². The Kier molecular flexibility index (Phi) is 3.58. The highest BCUT2D eigenvalue weighted by Gasteiger charge is 2.22. The van der Waals surface area contributed by atoms with E-state index >= 15 is 0 Å².